The van der Waals surface area contributed by atoms with Gasteiger partial charge in [0, 0.05) is 6.04 Å². The molecule has 1 fully saturated rings. The standard InChI is InChI=1S/C18H30N2O/c1-3-14-4-9-16(10-5-14)18(20-19)13-8-15-6-11-17(21-2)12-7-15/h6-7,11-12,14,16,18,20H,3-5,8-10,13,19H2,1-2H3. The summed E-state index contributed by atoms with van der Waals surface area (Å²) < 4.78 is 5.20. The molecule has 1 atom stereocenters. The molecule has 1 saturated carbocycles. The van der Waals surface area contributed by atoms with Gasteiger partial charge in [0.25, 0.3) is 0 Å². The zero-order valence-corrected chi connectivity index (χ0v) is 13.5. The fourth-order valence-electron chi connectivity index (χ4n) is 3.57. The second-order valence-corrected chi connectivity index (χ2v) is 6.35. The van der Waals surface area contributed by atoms with Gasteiger partial charge >= 0.3 is 0 Å². The molecule has 3 N–H and O–H groups in total. The van der Waals surface area contributed by atoms with Crippen molar-refractivity contribution in [2.75, 3.05) is 7.11 Å². The molecule has 0 aromatic heterocycles. The summed E-state index contributed by atoms with van der Waals surface area (Å²) in [5.41, 5.74) is 4.43. The van der Waals surface area contributed by atoms with E-state index in [0.717, 1.165) is 30.4 Å². The van der Waals surface area contributed by atoms with E-state index in [9.17, 15) is 0 Å². The summed E-state index contributed by atoms with van der Waals surface area (Å²) >= 11 is 0. The second kappa shape index (κ2) is 8.40. The average Bonchev–Trinajstić information content (AvgIpc) is 2.56. The summed E-state index contributed by atoms with van der Waals surface area (Å²) in [4.78, 5) is 0. The highest BCUT2D eigenvalue weighted by Gasteiger charge is 2.26. The molecule has 0 heterocycles. The van der Waals surface area contributed by atoms with E-state index in [1.807, 2.05) is 12.1 Å². The maximum atomic E-state index is 5.81. The lowest BCUT2D eigenvalue weighted by Crippen LogP contribution is -2.42. The summed E-state index contributed by atoms with van der Waals surface area (Å²) in [7, 11) is 1.70. The van der Waals surface area contributed by atoms with Gasteiger partial charge in [-0.15, -0.1) is 0 Å². The van der Waals surface area contributed by atoms with E-state index in [1.54, 1.807) is 7.11 Å². The second-order valence-electron chi connectivity index (χ2n) is 6.35. The number of hydrogen-bond acceptors (Lipinski definition) is 3. The van der Waals surface area contributed by atoms with Crippen molar-refractivity contribution in [1.82, 2.24) is 5.43 Å². The Balaban J connectivity index is 1.81. The van der Waals surface area contributed by atoms with Gasteiger partial charge in [-0.3, -0.25) is 11.3 Å². The molecule has 1 aliphatic carbocycles. The Labute approximate surface area is 129 Å². The van der Waals surface area contributed by atoms with Crippen LogP contribution in [-0.4, -0.2) is 13.2 Å². The highest BCUT2D eigenvalue weighted by atomic mass is 16.5. The summed E-state index contributed by atoms with van der Waals surface area (Å²) in [5, 5.41) is 0. The molecule has 118 valence electrons. The summed E-state index contributed by atoms with van der Waals surface area (Å²) in [6, 6.07) is 8.82. The molecule has 1 aliphatic rings. The van der Waals surface area contributed by atoms with E-state index in [-0.39, 0.29) is 0 Å². The number of ether oxygens (including phenoxy) is 1. The van der Waals surface area contributed by atoms with Gasteiger partial charge in [0.1, 0.15) is 5.75 Å². The van der Waals surface area contributed by atoms with Gasteiger partial charge in [-0.1, -0.05) is 38.3 Å². The first-order valence-electron chi connectivity index (χ1n) is 8.35. The van der Waals surface area contributed by atoms with Crippen molar-refractivity contribution in [3.8, 4) is 5.75 Å². The monoisotopic (exact) mass is 290 g/mol. The Hall–Kier alpha value is -1.06. The van der Waals surface area contributed by atoms with Gasteiger partial charge in [0.05, 0.1) is 7.11 Å². The Bertz CT molecular complexity index is 396. The van der Waals surface area contributed by atoms with Crippen LogP contribution in [-0.2, 0) is 6.42 Å². The minimum absolute atomic E-state index is 0.449. The van der Waals surface area contributed by atoms with Crippen LogP contribution >= 0.6 is 0 Å². The van der Waals surface area contributed by atoms with E-state index >= 15 is 0 Å². The maximum absolute atomic E-state index is 5.81. The molecular formula is C18H30N2O. The zero-order valence-electron chi connectivity index (χ0n) is 13.5. The number of nitrogens with one attached hydrogen (secondary N) is 1. The lowest BCUT2D eigenvalue weighted by Gasteiger charge is -2.33. The Morgan fingerprint density at radius 1 is 1.19 bits per heavy atom. The summed E-state index contributed by atoms with van der Waals surface area (Å²) in [5.74, 6) is 8.42. The lowest BCUT2D eigenvalue weighted by molar-refractivity contribution is 0.212. The van der Waals surface area contributed by atoms with Crippen LogP contribution in [0.4, 0.5) is 0 Å². The Morgan fingerprint density at radius 2 is 1.86 bits per heavy atom. The highest BCUT2D eigenvalue weighted by Crippen LogP contribution is 2.33. The van der Waals surface area contributed by atoms with Crippen LogP contribution < -0.4 is 16.0 Å². The van der Waals surface area contributed by atoms with Crippen molar-refractivity contribution < 1.29 is 4.74 Å². The summed E-state index contributed by atoms with van der Waals surface area (Å²) in [6.45, 7) is 2.31. The molecular weight excluding hydrogens is 260 g/mol. The van der Waals surface area contributed by atoms with E-state index in [1.165, 1.54) is 37.7 Å². The van der Waals surface area contributed by atoms with Crippen LogP contribution in [0.5, 0.6) is 5.75 Å². The maximum Gasteiger partial charge on any atom is 0.118 e. The number of hydrogen-bond donors (Lipinski definition) is 2. The third-order valence-electron chi connectivity index (χ3n) is 5.15. The predicted molar refractivity (Wildman–Crippen MR) is 88.2 cm³/mol. The van der Waals surface area contributed by atoms with Crippen molar-refractivity contribution in [3.05, 3.63) is 29.8 Å². The molecule has 21 heavy (non-hydrogen) atoms. The molecule has 0 bridgehead atoms. The van der Waals surface area contributed by atoms with Crippen molar-refractivity contribution >= 4 is 0 Å². The van der Waals surface area contributed by atoms with Crippen molar-refractivity contribution in [2.24, 2.45) is 17.7 Å². The molecule has 3 nitrogen and oxygen atoms in total. The van der Waals surface area contributed by atoms with Gasteiger partial charge in [-0.05, 0) is 55.2 Å². The van der Waals surface area contributed by atoms with Crippen LogP contribution in [0.25, 0.3) is 0 Å². The van der Waals surface area contributed by atoms with Crippen molar-refractivity contribution in [1.29, 1.82) is 0 Å². The smallest absolute Gasteiger partial charge is 0.118 e. The fraction of sp³-hybridized carbons (Fsp3) is 0.667. The number of benzene rings is 1. The molecule has 1 aromatic carbocycles. The minimum atomic E-state index is 0.449. The molecule has 0 aliphatic heterocycles. The quantitative estimate of drug-likeness (QED) is 0.595. The SMILES string of the molecule is CCC1CCC(C(CCc2ccc(OC)cc2)NN)CC1. The van der Waals surface area contributed by atoms with E-state index in [2.05, 4.69) is 24.5 Å². The van der Waals surface area contributed by atoms with Crippen molar-refractivity contribution in [2.45, 2.75) is 57.9 Å². The van der Waals surface area contributed by atoms with Gasteiger partial charge < -0.3 is 4.74 Å². The first-order chi connectivity index (χ1) is 10.3. The van der Waals surface area contributed by atoms with Gasteiger partial charge in [0.15, 0.2) is 0 Å². The number of methoxy groups -OCH3 is 1. The predicted octanol–water partition coefficient (Wildman–Crippen LogP) is 3.68. The molecule has 0 spiro atoms. The van der Waals surface area contributed by atoms with Crippen molar-refractivity contribution in [3.63, 3.8) is 0 Å². The van der Waals surface area contributed by atoms with Crippen LogP contribution in [0.2, 0.25) is 0 Å². The van der Waals surface area contributed by atoms with Crippen LogP contribution in [0.1, 0.15) is 51.0 Å². The van der Waals surface area contributed by atoms with Crippen LogP contribution in [0.3, 0.4) is 0 Å². The average molecular weight is 290 g/mol. The zero-order chi connectivity index (χ0) is 15.1. The Kier molecular flexibility index (Phi) is 6.52. The third kappa shape index (κ3) is 4.72. The topological polar surface area (TPSA) is 47.3 Å². The largest absolute Gasteiger partial charge is 0.497 e. The summed E-state index contributed by atoms with van der Waals surface area (Å²) in [6.07, 6.45) is 8.94. The Morgan fingerprint density at radius 3 is 2.38 bits per heavy atom. The van der Waals surface area contributed by atoms with E-state index < -0.39 is 0 Å². The minimum Gasteiger partial charge on any atom is -0.497 e. The number of nitrogens with two attached hydrogens (primary N) is 1. The van der Waals surface area contributed by atoms with Gasteiger partial charge in [-0.2, -0.15) is 0 Å². The third-order valence-corrected chi connectivity index (χ3v) is 5.15. The fourth-order valence-corrected chi connectivity index (χ4v) is 3.57. The van der Waals surface area contributed by atoms with Crippen LogP contribution in [0, 0.1) is 11.8 Å². The lowest BCUT2D eigenvalue weighted by atomic mass is 9.76. The molecule has 3 heteroatoms. The number of hydrazine groups is 1. The molecule has 0 amide bonds. The first kappa shape index (κ1) is 16.3. The number of aryl methyl sites for hydroxylation is 1. The van der Waals surface area contributed by atoms with Crippen LogP contribution in [0.15, 0.2) is 24.3 Å². The molecule has 0 saturated heterocycles. The normalized spacial score (nSPS) is 23.8. The number of rotatable bonds is 7. The molecule has 2 rings (SSSR count). The van der Waals surface area contributed by atoms with E-state index in [4.69, 9.17) is 10.6 Å². The molecule has 1 aromatic rings. The van der Waals surface area contributed by atoms with Gasteiger partial charge in [-0.25, -0.2) is 0 Å². The highest BCUT2D eigenvalue weighted by molar-refractivity contribution is 5.27. The van der Waals surface area contributed by atoms with Gasteiger partial charge in [0.2, 0.25) is 0 Å². The first-order valence-corrected chi connectivity index (χ1v) is 8.35. The molecule has 1 unspecified atom stereocenters. The van der Waals surface area contributed by atoms with E-state index in [0.29, 0.717) is 6.04 Å². The molecule has 0 radical (unpaired) electrons.